The van der Waals surface area contributed by atoms with Gasteiger partial charge in [0.15, 0.2) is 0 Å². The van der Waals surface area contributed by atoms with E-state index in [1.54, 1.807) is 0 Å². The Balaban J connectivity index is 4.53. The summed E-state index contributed by atoms with van der Waals surface area (Å²) in [6, 6.07) is -2.76. The fourth-order valence-electron chi connectivity index (χ4n) is 6.77. The van der Waals surface area contributed by atoms with Gasteiger partial charge in [-0.2, -0.15) is 0 Å². The number of unbranched alkanes of at least 4 members (excludes halogenated alkanes) is 26. The van der Waals surface area contributed by atoms with E-state index in [0.717, 1.165) is 38.5 Å². The molecule has 0 aromatic heterocycles. The summed E-state index contributed by atoms with van der Waals surface area (Å²) < 4.78 is 10.9. The van der Waals surface area contributed by atoms with Crippen molar-refractivity contribution >= 4 is 35.7 Å². The predicted octanol–water partition coefficient (Wildman–Crippen LogP) is 10.1. The highest BCUT2D eigenvalue weighted by molar-refractivity contribution is 5.90. The quantitative estimate of drug-likeness (QED) is 0.0342. The second-order valence-electron chi connectivity index (χ2n) is 15.8. The third-order valence-corrected chi connectivity index (χ3v) is 10.4. The second kappa shape index (κ2) is 39.6. The van der Waals surface area contributed by atoms with Crippen LogP contribution < -0.4 is 10.6 Å². The van der Waals surface area contributed by atoms with Crippen molar-refractivity contribution in [2.24, 2.45) is 0 Å². The molecule has 2 atom stereocenters. The number of nitrogens with one attached hydrogen (secondary N) is 2. The minimum absolute atomic E-state index is 0.0349. The number of carboxylic acids is 2. The van der Waals surface area contributed by atoms with E-state index < -0.39 is 60.6 Å². The van der Waals surface area contributed by atoms with Crippen molar-refractivity contribution in [2.75, 3.05) is 13.2 Å². The van der Waals surface area contributed by atoms with Gasteiger partial charge < -0.3 is 30.3 Å². The van der Waals surface area contributed by atoms with E-state index in [9.17, 15) is 28.8 Å². The number of esters is 2. The van der Waals surface area contributed by atoms with Gasteiger partial charge in [0.05, 0.1) is 19.6 Å². The van der Waals surface area contributed by atoms with Gasteiger partial charge >= 0.3 is 23.9 Å². The van der Waals surface area contributed by atoms with Crippen molar-refractivity contribution in [1.29, 1.82) is 0 Å². The van der Waals surface area contributed by atoms with E-state index in [1.807, 2.05) is 0 Å². The molecule has 0 heterocycles. The van der Waals surface area contributed by atoms with Crippen molar-refractivity contribution in [3.63, 3.8) is 0 Å². The van der Waals surface area contributed by atoms with Gasteiger partial charge in [0.1, 0.15) is 12.1 Å². The normalized spacial score (nSPS) is 12.1. The summed E-state index contributed by atoms with van der Waals surface area (Å²) >= 11 is 0. The Hall–Kier alpha value is -3.18. The standard InChI is InChI=1S/C45H82N2O10/c1-3-5-7-9-11-13-15-17-19-21-23-25-27-29-35-56-43(52)34-31-38(46-40(48)32-33-41(49)47-39(44(53)54)37-42(50)51)45(55)57-36-30-28-26-24-22-20-18-16-14-12-10-8-6-4-2/h38-39H,3-37H2,1-2H3,(H,46,48)(H,47,49)(H,50,51)(H,53,54). The van der Waals surface area contributed by atoms with Crippen molar-refractivity contribution in [3.8, 4) is 0 Å². The Morgan fingerprint density at radius 1 is 0.439 bits per heavy atom. The van der Waals surface area contributed by atoms with Gasteiger partial charge in [-0.25, -0.2) is 9.59 Å². The number of carbonyl (C=O) groups is 6. The molecule has 332 valence electrons. The van der Waals surface area contributed by atoms with Gasteiger partial charge in [-0.1, -0.05) is 181 Å². The number of amides is 2. The highest BCUT2D eigenvalue weighted by atomic mass is 16.5. The van der Waals surface area contributed by atoms with E-state index >= 15 is 0 Å². The average Bonchev–Trinajstić information content (AvgIpc) is 3.18. The Labute approximate surface area is 345 Å². The van der Waals surface area contributed by atoms with Crippen molar-refractivity contribution in [3.05, 3.63) is 0 Å². The zero-order valence-electron chi connectivity index (χ0n) is 36.1. The fourth-order valence-corrected chi connectivity index (χ4v) is 6.77. The molecule has 12 heteroatoms. The molecule has 0 aliphatic heterocycles. The summed E-state index contributed by atoms with van der Waals surface area (Å²) in [5, 5.41) is 22.7. The molecule has 0 aliphatic carbocycles. The van der Waals surface area contributed by atoms with Crippen molar-refractivity contribution in [2.45, 2.75) is 238 Å². The summed E-state index contributed by atoms with van der Waals surface area (Å²) in [6.45, 7) is 4.97. The van der Waals surface area contributed by atoms with Crippen LogP contribution in [0.1, 0.15) is 226 Å². The van der Waals surface area contributed by atoms with Gasteiger partial charge in [0.2, 0.25) is 11.8 Å². The Kier molecular flexibility index (Phi) is 37.4. The smallest absolute Gasteiger partial charge is 0.328 e. The Bertz CT molecular complexity index is 1050. The number of carboxylic acid groups (broad SMARTS) is 2. The van der Waals surface area contributed by atoms with Gasteiger partial charge in [0, 0.05) is 19.3 Å². The van der Waals surface area contributed by atoms with Crippen LogP contribution in [0.5, 0.6) is 0 Å². The second-order valence-corrected chi connectivity index (χ2v) is 15.8. The molecule has 0 spiro atoms. The third-order valence-electron chi connectivity index (χ3n) is 10.4. The highest BCUT2D eigenvalue weighted by Gasteiger charge is 2.26. The first kappa shape index (κ1) is 53.8. The number of hydrogen-bond donors (Lipinski definition) is 4. The molecule has 2 unspecified atom stereocenters. The van der Waals surface area contributed by atoms with Crippen LogP contribution in [0.2, 0.25) is 0 Å². The Morgan fingerprint density at radius 3 is 1.12 bits per heavy atom. The lowest BCUT2D eigenvalue weighted by Crippen LogP contribution is -2.44. The molecule has 0 aliphatic rings. The van der Waals surface area contributed by atoms with E-state index in [0.29, 0.717) is 13.0 Å². The molecule has 57 heavy (non-hydrogen) atoms. The van der Waals surface area contributed by atoms with Crippen LogP contribution in [0.25, 0.3) is 0 Å². The van der Waals surface area contributed by atoms with Crippen LogP contribution in [0.4, 0.5) is 0 Å². The maximum absolute atomic E-state index is 13.0. The van der Waals surface area contributed by atoms with Crippen LogP contribution in [0.3, 0.4) is 0 Å². The van der Waals surface area contributed by atoms with E-state index in [1.165, 1.54) is 135 Å². The minimum atomic E-state index is -1.63. The molecule has 0 radical (unpaired) electrons. The summed E-state index contributed by atoms with van der Waals surface area (Å²) in [7, 11) is 0. The number of hydrogen-bond acceptors (Lipinski definition) is 8. The van der Waals surface area contributed by atoms with Crippen LogP contribution in [0.15, 0.2) is 0 Å². The molecule has 0 rings (SSSR count). The van der Waals surface area contributed by atoms with Gasteiger partial charge in [0.25, 0.3) is 0 Å². The topological polar surface area (TPSA) is 185 Å². The molecule has 4 N–H and O–H groups in total. The predicted molar refractivity (Wildman–Crippen MR) is 225 cm³/mol. The first-order valence-electron chi connectivity index (χ1n) is 23.0. The van der Waals surface area contributed by atoms with Crippen LogP contribution in [-0.4, -0.2) is 71.2 Å². The molecular weight excluding hydrogens is 728 g/mol. The van der Waals surface area contributed by atoms with Crippen molar-refractivity contribution < 1.29 is 48.5 Å². The van der Waals surface area contributed by atoms with Crippen LogP contribution in [-0.2, 0) is 38.2 Å². The molecule has 12 nitrogen and oxygen atoms in total. The molecule has 2 amide bonds. The monoisotopic (exact) mass is 811 g/mol. The molecule has 0 bridgehead atoms. The highest BCUT2D eigenvalue weighted by Crippen LogP contribution is 2.15. The van der Waals surface area contributed by atoms with E-state index in [-0.39, 0.29) is 25.9 Å². The Morgan fingerprint density at radius 2 is 0.772 bits per heavy atom. The van der Waals surface area contributed by atoms with Crippen molar-refractivity contribution in [1.82, 2.24) is 10.6 Å². The molecule has 0 saturated carbocycles. The van der Waals surface area contributed by atoms with Gasteiger partial charge in [-0.15, -0.1) is 0 Å². The molecular formula is C45H82N2O10. The van der Waals surface area contributed by atoms with Crippen LogP contribution >= 0.6 is 0 Å². The minimum Gasteiger partial charge on any atom is -0.481 e. The summed E-state index contributed by atoms with van der Waals surface area (Å²) in [5.41, 5.74) is 0. The summed E-state index contributed by atoms with van der Waals surface area (Å²) in [4.78, 5) is 72.6. The summed E-state index contributed by atoms with van der Waals surface area (Å²) in [5.74, 6) is -5.52. The number of ether oxygens (including phenoxy) is 2. The lowest BCUT2D eigenvalue weighted by Gasteiger charge is -2.18. The molecule has 0 aromatic rings. The third kappa shape index (κ3) is 36.9. The fraction of sp³-hybridized carbons (Fsp3) is 0.867. The maximum Gasteiger partial charge on any atom is 0.328 e. The number of carbonyl (C=O) groups excluding carboxylic acids is 4. The first-order valence-corrected chi connectivity index (χ1v) is 23.0. The number of rotatable bonds is 42. The zero-order valence-corrected chi connectivity index (χ0v) is 36.1. The van der Waals surface area contributed by atoms with Gasteiger partial charge in [-0.05, 0) is 19.3 Å². The van der Waals surface area contributed by atoms with Crippen LogP contribution in [0, 0.1) is 0 Å². The zero-order chi connectivity index (χ0) is 42.2. The van der Waals surface area contributed by atoms with E-state index in [4.69, 9.17) is 19.7 Å². The number of aliphatic carboxylic acids is 2. The average molecular weight is 811 g/mol. The summed E-state index contributed by atoms with van der Waals surface area (Å²) in [6.07, 6.45) is 32.3. The van der Waals surface area contributed by atoms with E-state index in [2.05, 4.69) is 24.5 Å². The van der Waals surface area contributed by atoms with Gasteiger partial charge in [-0.3, -0.25) is 19.2 Å². The lowest BCUT2D eigenvalue weighted by molar-refractivity contribution is -0.149. The molecule has 0 saturated heterocycles. The largest absolute Gasteiger partial charge is 0.481 e. The SMILES string of the molecule is CCCCCCCCCCCCCCCCOC(=O)CCC(NC(=O)CCC(=O)NC(CC(=O)O)C(=O)O)C(=O)OCCCCCCCCCCCCCCCC. The first-order chi connectivity index (χ1) is 27.6. The molecule has 0 aromatic carbocycles. The lowest BCUT2D eigenvalue weighted by atomic mass is 10.0. The maximum atomic E-state index is 13.0. The molecule has 0 fully saturated rings.